The minimum atomic E-state index is -0.339. The Morgan fingerprint density at radius 2 is 2.50 bits per heavy atom. The van der Waals surface area contributed by atoms with Gasteiger partial charge in [-0.05, 0) is 44.3 Å². The molecule has 0 bridgehead atoms. The van der Waals surface area contributed by atoms with Gasteiger partial charge in [-0.15, -0.1) is 0 Å². The van der Waals surface area contributed by atoms with Crippen LogP contribution in [0.25, 0.3) is 0 Å². The Balaban J connectivity index is 1.99. The van der Waals surface area contributed by atoms with Crippen molar-refractivity contribution in [2.24, 2.45) is 0 Å². The van der Waals surface area contributed by atoms with Crippen LogP contribution in [0.1, 0.15) is 38.4 Å². The van der Waals surface area contributed by atoms with Crippen molar-refractivity contribution in [3.63, 3.8) is 0 Å². The zero-order valence-electron chi connectivity index (χ0n) is 10.8. The molecule has 0 aliphatic heterocycles. The van der Waals surface area contributed by atoms with Crippen molar-refractivity contribution >= 4 is 23.3 Å². The normalized spacial score (nSPS) is 27.9. The third kappa shape index (κ3) is 3.02. The SMILES string of the molecule is CCc1nsc(SC2CCCC(C#N)(NC)C2)n1. The van der Waals surface area contributed by atoms with Gasteiger partial charge in [0.2, 0.25) is 0 Å². The molecule has 6 heteroatoms. The summed E-state index contributed by atoms with van der Waals surface area (Å²) in [6.45, 7) is 2.07. The first kappa shape index (κ1) is 13.8. The maximum Gasteiger partial charge on any atom is 0.170 e. The van der Waals surface area contributed by atoms with Crippen LogP contribution < -0.4 is 5.32 Å². The summed E-state index contributed by atoms with van der Waals surface area (Å²) in [6, 6.07) is 2.44. The second kappa shape index (κ2) is 6.00. The van der Waals surface area contributed by atoms with Crippen molar-refractivity contribution < 1.29 is 0 Å². The highest BCUT2D eigenvalue weighted by Gasteiger charge is 2.35. The third-order valence-corrected chi connectivity index (χ3v) is 5.52. The lowest BCUT2D eigenvalue weighted by Crippen LogP contribution is -2.46. The van der Waals surface area contributed by atoms with Crippen LogP contribution in [0.3, 0.4) is 0 Å². The fourth-order valence-electron chi connectivity index (χ4n) is 2.28. The number of nitriles is 1. The summed E-state index contributed by atoms with van der Waals surface area (Å²) in [4.78, 5) is 4.49. The molecule has 0 amide bonds. The summed E-state index contributed by atoms with van der Waals surface area (Å²) in [5.41, 5.74) is -0.339. The Kier molecular flexibility index (Phi) is 4.60. The van der Waals surface area contributed by atoms with E-state index in [1.165, 1.54) is 11.5 Å². The predicted molar refractivity (Wildman–Crippen MR) is 74.8 cm³/mol. The van der Waals surface area contributed by atoms with Gasteiger partial charge < -0.3 is 5.32 Å². The van der Waals surface area contributed by atoms with E-state index in [-0.39, 0.29) is 5.54 Å². The number of nitrogens with zero attached hydrogens (tertiary/aromatic N) is 3. The highest BCUT2D eigenvalue weighted by molar-refractivity contribution is 8.01. The summed E-state index contributed by atoms with van der Waals surface area (Å²) in [6.07, 6.45) is 5.00. The van der Waals surface area contributed by atoms with Crippen LogP contribution in [0.5, 0.6) is 0 Å². The van der Waals surface area contributed by atoms with E-state index in [2.05, 4.69) is 27.7 Å². The largest absolute Gasteiger partial charge is 0.302 e. The van der Waals surface area contributed by atoms with Gasteiger partial charge in [0, 0.05) is 11.7 Å². The molecular weight excluding hydrogens is 264 g/mol. The molecule has 2 atom stereocenters. The molecule has 18 heavy (non-hydrogen) atoms. The summed E-state index contributed by atoms with van der Waals surface area (Å²) in [7, 11) is 1.89. The van der Waals surface area contributed by atoms with Gasteiger partial charge in [-0.25, -0.2) is 4.98 Å². The molecule has 1 N–H and O–H groups in total. The van der Waals surface area contributed by atoms with E-state index < -0.39 is 0 Å². The topological polar surface area (TPSA) is 61.6 Å². The number of aryl methyl sites for hydroxylation is 1. The van der Waals surface area contributed by atoms with Crippen molar-refractivity contribution in [1.82, 2.24) is 14.7 Å². The zero-order chi connectivity index (χ0) is 13.0. The van der Waals surface area contributed by atoms with Crippen molar-refractivity contribution in [2.45, 2.75) is 54.2 Å². The number of hydrogen-bond acceptors (Lipinski definition) is 6. The fourth-order valence-corrected chi connectivity index (χ4v) is 4.57. The van der Waals surface area contributed by atoms with Crippen LogP contribution in [0, 0.1) is 11.3 Å². The Morgan fingerprint density at radius 3 is 3.11 bits per heavy atom. The van der Waals surface area contributed by atoms with E-state index in [1.54, 1.807) is 11.8 Å². The number of rotatable bonds is 4. The lowest BCUT2D eigenvalue weighted by molar-refractivity contribution is 0.323. The molecule has 1 aliphatic carbocycles. The summed E-state index contributed by atoms with van der Waals surface area (Å²) in [5, 5.41) is 13.0. The van der Waals surface area contributed by atoms with Gasteiger partial charge in [-0.3, -0.25) is 0 Å². The smallest absolute Gasteiger partial charge is 0.170 e. The lowest BCUT2D eigenvalue weighted by atomic mass is 9.83. The van der Waals surface area contributed by atoms with Gasteiger partial charge in [-0.1, -0.05) is 18.7 Å². The minimum Gasteiger partial charge on any atom is -0.302 e. The molecule has 4 nitrogen and oxygen atoms in total. The standard InChI is InChI=1S/C12H18N4S2/c1-3-10-15-11(18-16-10)17-9-5-4-6-12(7-9,8-13)14-2/h9,14H,3-7H2,1-2H3. The monoisotopic (exact) mass is 282 g/mol. The second-order valence-electron chi connectivity index (χ2n) is 4.61. The van der Waals surface area contributed by atoms with Crippen molar-refractivity contribution in [3.05, 3.63) is 5.82 Å². The van der Waals surface area contributed by atoms with Gasteiger partial charge in [0.15, 0.2) is 4.34 Å². The Labute approximate surface area is 116 Å². The second-order valence-corrected chi connectivity index (χ2v) is 6.91. The average Bonchev–Trinajstić information content (AvgIpc) is 2.86. The molecule has 0 spiro atoms. The van der Waals surface area contributed by atoms with Gasteiger partial charge in [0.25, 0.3) is 0 Å². The van der Waals surface area contributed by atoms with Crippen LogP contribution in [-0.4, -0.2) is 27.2 Å². The maximum atomic E-state index is 9.32. The molecule has 2 unspecified atom stereocenters. The fraction of sp³-hybridized carbons (Fsp3) is 0.750. The van der Waals surface area contributed by atoms with Crippen LogP contribution >= 0.6 is 23.3 Å². The van der Waals surface area contributed by atoms with E-state index in [0.29, 0.717) is 5.25 Å². The van der Waals surface area contributed by atoms with Crippen molar-refractivity contribution in [2.75, 3.05) is 7.05 Å². The molecular formula is C12H18N4S2. The Bertz CT molecular complexity index is 440. The number of hydrogen-bond donors (Lipinski definition) is 1. The van der Waals surface area contributed by atoms with E-state index in [1.807, 2.05) is 7.05 Å². The van der Waals surface area contributed by atoms with Gasteiger partial charge in [-0.2, -0.15) is 9.64 Å². The lowest BCUT2D eigenvalue weighted by Gasteiger charge is -2.34. The zero-order valence-corrected chi connectivity index (χ0v) is 12.4. The highest BCUT2D eigenvalue weighted by Crippen LogP contribution is 2.38. The summed E-state index contributed by atoms with van der Waals surface area (Å²) < 4.78 is 5.35. The predicted octanol–water partition coefficient (Wildman–Crippen LogP) is 2.62. The summed E-state index contributed by atoms with van der Waals surface area (Å²) in [5.74, 6) is 0.929. The molecule has 0 aromatic carbocycles. The molecule has 1 aliphatic rings. The highest BCUT2D eigenvalue weighted by atomic mass is 32.2. The third-order valence-electron chi connectivity index (χ3n) is 3.43. The molecule has 1 heterocycles. The Morgan fingerprint density at radius 1 is 1.67 bits per heavy atom. The first-order chi connectivity index (χ1) is 8.71. The van der Waals surface area contributed by atoms with Crippen molar-refractivity contribution in [1.29, 1.82) is 5.26 Å². The van der Waals surface area contributed by atoms with Gasteiger partial charge in [0.1, 0.15) is 11.4 Å². The minimum absolute atomic E-state index is 0.339. The molecule has 98 valence electrons. The first-order valence-corrected chi connectivity index (χ1v) is 7.96. The Hall–Kier alpha value is -0.640. The molecule has 1 saturated carbocycles. The van der Waals surface area contributed by atoms with Gasteiger partial charge in [0.05, 0.1) is 6.07 Å². The van der Waals surface area contributed by atoms with Crippen LogP contribution in [0.2, 0.25) is 0 Å². The van der Waals surface area contributed by atoms with Crippen LogP contribution in [0.15, 0.2) is 4.34 Å². The molecule has 1 aromatic heterocycles. The van der Waals surface area contributed by atoms with E-state index in [4.69, 9.17) is 0 Å². The van der Waals surface area contributed by atoms with Crippen LogP contribution in [-0.2, 0) is 6.42 Å². The average molecular weight is 282 g/mol. The quantitative estimate of drug-likeness (QED) is 0.920. The number of nitrogens with one attached hydrogen (secondary N) is 1. The molecule has 0 radical (unpaired) electrons. The first-order valence-electron chi connectivity index (χ1n) is 6.31. The van der Waals surface area contributed by atoms with E-state index in [0.717, 1.165) is 42.3 Å². The summed E-state index contributed by atoms with van der Waals surface area (Å²) >= 11 is 3.27. The molecule has 1 fully saturated rings. The van der Waals surface area contributed by atoms with Crippen LogP contribution in [0.4, 0.5) is 0 Å². The van der Waals surface area contributed by atoms with E-state index in [9.17, 15) is 5.26 Å². The van der Waals surface area contributed by atoms with E-state index >= 15 is 0 Å². The number of thioether (sulfide) groups is 1. The number of aromatic nitrogens is 2. The molecule has 2 rings (SSSR count). The van der Waals surface area contributed by atoms with Crippen molar-refractivity contribution in [3.8, 4) is 6.07 Å². The maximum absolute atomic E-state index is 9.32. The van der Waals surface area contributed by atoms with Gasteiger partial charge >= 0.3 is 0 Å². The molecule has 1 aromatic rings. The molecule has 0 saturated heterocycles.